The van der Waals surface area contributed by atoms with Crippen LogP contribution in [0, 0.1) is 11.6 Å². The van der Waals surface area contributed by atoms with Gasteiger partial charge in [0.25, 0.3) is 5.91 Å². The molecule has 34 heavy (non-hydrogen) atoms. The van der Waals surface area contributed by atoms with Crippen LogP contribution >= 0.6 is 11.6 Å². The van der Waals surface area contributed by atoms with Gasteiger partial charge in [-0.25, -0.2) is 18.6 Å². The zero-order chi connectivity index (χ0) is 24.1. The van der Waals surface area contributed by atoms with Crippen molar-refractivity contribution in [2.75, 3.05) is 41.7 Å². The van der Waals surface area contributed by atoms with Gasteiger partial charge in [-0.1, -0.05) is 17.7 Å². The Morgan fingerprint density at radius 2 is 1.71 bits per heavy atom. The third-order valence-electron chi connectivity index (χ3n) is 5.36. The summed E-state index contributed by atoms with van der Waals surface area (Å²) in [4.78, 5) is 33.1. The highest BCUT2D eigenvalue weighted by Crippen LogP contribution is 2.21. The largest absolute Gasteiger partial charge is 0.355 e. The van der Waals surface area contributed by atoms with Crippen LogP contribution in [-0.2, 0) is 0 Å². The number of nitrogens with zero attached hydrogens (tertiary/aromatic N) is 3. The molecule has 1 fully saturated rings. The molecule has 4 rings (SSSR count). The second-order valence-electron chi connectivity index (χ2n) is 7.76. The molecule has 0 radical (unpaired) electrons. The van der Waals surface area contributed by atoms with Crippen molar-refractivity contribution in [3.63, 3.8) is 0 Å². The minimum atomic E-state index is -0.567. The zero-order valence-electron chi connectivity index (χ0n) is 18.1. The molecule has 0 unspecified atom stereocenters. The molecule has 2 heterocycles. The summed E-state index contributed by atoms with van der Waals surface area (Å²) in [6, 6.07) is 12.6. The van der Waals surface area contributed by atoms with Crippen LogP contribution in [0.5, 0.6) is 0 Å². The molecule has 0 aliphatic carbocycles. The highest BCUT2D eigenvalue weighted by molar-refractivity contribution is 6.31. The molecule has 1 aromatic heterocycles. The lowest BCUT2D eigenvalue weighted by molar-refractivity contribution is 0.0766. The number of urea groups is 1. The molecule has 176 valence electrons. The Kier molecular flexibility index (Phi) is 7.22. The Morgan fingerprint density at radius 1 is 0.912 bits per heavy atom. The van der Waals surface area contributed by atoms with Gasteiger partial charge in [0, 0.05) is 37.4 Å². The molecule has 0 atom stereocenters. The molecule has 1 aliphatic rings. The average Bonchev–Trinajstić information content (AvgIpc) is 3.08. The van der Waals surface area contributed by atoms with E-state index < -0.39 is 17.7 Å². The van der Waals surface area contributed by atoms with Crippen molar-refractivity contribution in [1.29, 1.82) is 0 Å². The van der Waals surface area contributed by atoms with E-state index in [1.165, 1.54) is 42.6 Å². The number of amides is 3. The van der Waals surface area contributed by atoms with Crippen molar-refractivity contribution in [3.8, 4) is 0 Å². The molecule has 10 heteroatoms. The number of hydrogen-bond donors (Lipinski definition) is 2. The van der Waals surface area contributed by atoms with Crippen LogP contribution in [0.25, 0.3) is 0 Å². The van der Waals surface area contributed by atoms with E-state index in [9.17, 15) is 18.4 Å². The molecule has 0 saturated carbocycles. The molecular formula is C24H22ClF2N5O2. The molecule has 3 aromatic rings. The van der Waals surface area contributed by atoms with Crippen LogP contribution in [0.15, 0.2) is 60.8 Å². The SMILES string of the molecule is O=C(Nc1ccc(N2CCCN(C(=O)c3cccc(F)c3)CC2)nc1)Nc1ccc(F)c(Cl)c1. The van der Waals surface area contributed by atoms with Gasteiger partial charge in [-0.3, -0.25) is 4.79 Å². The number of aromatic nitrogens is 1. The molecule has 0 spiro atoms. The van der Waals surface area contributed by atoms with Gasteiger partial charge in [0.1, 0.15) is 17.5 Å². The number of anilines is 3. The average molecular weight is 486 g/mol. The Bertz CT molecular complexity index is 1190. The lowest BCUT2D eigenvalue weighted by Gasteiger charge is -2.23. The second kappa shape index (κ2) is 10.5. The van der Waals surface area contributed by atoms with Crippen LogP contribution in [0.1, 0.15) is 16.8 Å². The van der Waals surface area contributed by atoms with E-state index in [0.29, 0.717) is 43.1 Å². The molecule has 0 bridgehead atoms. The number of hydrogen-bond acceptors (Lipinski definition) is 4. The summed E-state index contributed by atoms with van der Waals surface area (Å²) in [6.45, 7) is 2.34. The summed E-state index contributed by atoms with van der Waals surface area (Å²) < 4.78 is 26.7. The van der Waals surface area contributed by atoms with Crippen molar-refractivity contribution in [2.24, 2.45) is 0 Å². The molecule has 1 saturated heterocycles. The molecule has 2 N–H and O–H groups in total. The predicted molar refractivity (Wildman–Crippen MR) is 127 cm³/mol. The quantitative estimate of drug-likeness (QED) is 0.544. The first kappa shape index (κ1) is 23.4. The zero-order valence-corrected chi connectivity index (χ0v) is 18.9. The van der Waals surface area contributed by atoms with Gasteiger partial charge in [-0.15, -0.1) is 0 Å². The molecule has 1 aliphatic heterocycles. The van der Waals surface area contributed by atoms with Gasteiger partial charge in [-0.2, -0.15) is 0 Å². The Balaban J connectivity index is 1.33. The maximum atomic E-state index is 13.5. The highest BCUT2D eigenvalue weighted by Gasteiger charge is 2.21. The van der Waals surface area contributed by atoms with Gasteiger partial charge < -0.3 is 20.4 Å². The van der Waals surface area contributed by atoms with E-state index in [1.807, 2.05) is 0 Å². The normalized spacial score (nSPS) is 13.9. The van der Waals surface area contributed by atoms with Crippen molar-refractivity contribution in [2.45, 2.75) is 6.42 Å². The predicted octanol–water partition coefficient (Wildman–Crippen LogP) is 5.01. The van der Waals surface area contributed by atoms with E-state index in [4.69, 9.17) is 11.6 Å². The number of carbonyl (C=O) groups excluding carboxylic acids is 2. The number of carbonyl (C=O) groups is 2. The Labute approximate surface area is 200 Å². The summed E-state index contributed by atoms with van der Waals surface area (Å²) in [6.07, 6.45) is 2.28. The highest BCUT2D eigenvalue weighted by atomic mass is 35.5. The first-order valence-electron chi connectivity index (χ1n) is 10.7. The second-order valence-corrected chi connectivity index (χ2v) is 8.16. The molecule has 2 aromatic carbocycles. The summed E-state index contributed by atoms with van der Waals surface area (Å²) >= 11 is 5.73. The van der Waals surface area contributed by atoms with Crippen molar-refractivity contribution < 1.29 is 18.4 Å². The maximum Gasteiger partial charge on any atom is 0.323 e. The lowest BCUT2D eigenvalue weighted by Crippen LogP contribution is -2.35. The molecule has 3 amide bonds. The van der Waals surface area contributed by atoms with Crippen LogP contribution < -0.4 is 15.5 Å². The lowest BCUT2D eigenvalue weighted by atomic mass is 10.2. The van der Waals surface area contributed by atoms with E-state index in [0.717, 1.165) is 12.2 Å². The fourth-order valence-corrected chi connectivity index (χ4v) is 3.85. The summed E-state index contributed by atoms with van der Waals surface area (Å²) in [5.41, 5.74) is 1.17. The van der Waals surface area contributed by atoms with E-state index in [1.54, 1.807) is 23.1 Å². The van der Waals surface area contributed by atoms with Crippen molar-refractivity contribution >= 4 is 40.7 Å². The molecule has 7 nitrogen and oxygen atoms in total. The van der Waals surface area contributed by atoms with Gasteiger partial charge >= 0.3 is 6.03 Å². The van der Waals surface area contributed by atoms with Crippen LogP contribution in [0.3, 0.4) is 0 Å². The first-order chi connectivity index (χ1) is 16.4. The number of pyridine rings is 1. The number of rotatable bonds is 4. The van der Waals surface area contributed by atoms with Gasteiger partial charge in [0.2, 0.25) is 0 Å². The fourth-order valence-electron chi connectivity index (χ4n) is 3.67. The van der Waals surface area contributed by atoms with Crippen LogP contribution in [0.4, 0.5) is 30.8 Å². The number of benzene rings is 2. The smallest absolute Gasteiger partial charge is 0.323 e. The maximum absolute atomic E-state index is 13.5. The minimum Gasteiger partial charge on any atom is -0.355 e. The summed E-state index contributed by atoms with van der Waals surface area (Å²) in [7, 11) is 0. The summed E-state index contributed by atoms with van der Waals surface area (Å²) in [5.74, 6) is -0.476. The number of nitrogens with one attached hydrogen (secondary N) is 2. The van der Waals surface area contributed by atoms with Crippen LogP contribution in [0.2, 0.25) is 5.02 Å². The standard InChI is InChI=1S/C24H22ClF2N5O2/c25-20-14-18(5-7-21(20)27)29-24(34)30-19-6-8-22(28-15-19)31-9-2-10-32(12-11-31)23(33)16-3-1-4-17(26)13-16/h1,3-8,13-15H,2,9-12H2,(H2,29,30,34). The number of halogens is 3. The van der Waals surface area contributed by atoms with E-state index >= 15 is 0 Å². The van der Waals surface area contributed by atoms with E-state index in [2.05, 4.69) is 20.5 Å². The molecular weight excluding hydrogens is 464 g/mol. The van der Waals surface area contributed by atoms with Crippen molar-refractivity contribution in [1.82, 2.24) is 9.88 Å². The van der Waals surface area contributed by atoms with E-state index in [-0.39, 0.29) is 10.9 Å². The third-order valence-corrected chi connectivity index (χ3v) is 5.65. The summed E-state index contributed by atoms with van der Waals surface area (Å²) in [5, 5.41) is 5.15. The Hall–Kier alpha value is -3.72. The monoisotopic (exact) mass is 485 g/mol. The Morgan fingerprint density at radius 3 is 2.44 bits per heavy atom. The minimum absolute atomic E-state index is 0.0857. The van der Waals surface area contributed by atoms with Gasteiger partial charge in [0.15, 0.2) is 0 Å². The van der Waals surface area contributed by atoms with Crippen molar-refractivity contribution in [3.05, 3.63) is 83.0 Å². The van der Waals surface area contributed by atoms with Gasteiger partial charge in [-0.05, 0) is 55.0 Å². The fraction of sp³-hybridized carbons (Fsp3) is 0.208. The topological polar surface area (TPSA) is 77.6 Å². The van der Waals surface area contributed by atoms with Gasteiger partial charge in [0.05, 0.1) is 16.9 Å². The first-order valence-corrected chi connectivity index (χ1v) is 11.1. The third kappa shape index (κ3) is 5.79. The van der Waals surface area contributed by atoms with Crippen LogP contribution in [-0.4, -0.2) is 48.0 Å².